The minimum absolute atomic E-state index is 0.509. The summed E-state index contributed by atoms with van der Waals surface area (Å²) in [5.41, 5.74) is 5.56. The number of nitrogens with two attached hydrogens (primary N) is 1. The maximum atomic E-state index is 13.4. The van der Waals surface area contributed by atoms with Crippen LogP contribution in [0, 0.1) is 0 Å². The summed E-state index contributed by atoms with van der Waals surface area (Å²) in [6.07, 6.45) is 36.1. The van der Waals surface area contributed by atoms with Crippen LogP contribution in [0.1, 0.15) is 194 Å². The molecule has 0 heterocycles. The van der Waals surface area contributed by atoms with Gasteiger partial charge in [-0.1, -0.05) is 168 Å². The number of hydrogen-bond acceptors (Lipinski definition) is 5. The molecule has 0 aliphatic rings. The van der Waals surface area contributed by atoms with Gasteiger partial charge in [0, 0.05) is 6.54 Å². The van der Waals surface area contributed by atoms with Crippen LogP contribution in [-0.2, 0) is 13.6 Å². The van der Waals surface area contributed by atoms with Gasteiger partial charge in [-0.3, -0.25) is 9.05 Å². The van der Waals surface area contributed by atoms with E-state index in [0.717, 1.165) is 51.6 Å². The van der Waals surface area contributed by atoms with E-state index in [1.165, 1.54) is 141 Å². The van der Waals surface area contributed by atoms with E-state index in [4.69, 9.17) is 14.8 Å². The lowest BCUT2D eigenvalue weighted by atomic mass is 10.0. The molecule has 0 saturated carbocycles. The van der Waals surface area contributed by atoms with Gasteiger partial charge in [0.05, 0.1) is 13.2 Å². The first-order valence-electron chi connectivity index (χ1n) is 19.2. The molecule has 0 atom stereocenters. The topological polar surface area (TPSA) is 85.6 Å². The van der Waals surface area contributed by atoms with E-state index in [1.807, 2.05) is 0 Å². The second-order valence-corrected chi connectivity index (χ2v) is 14.6. The fourth-order valence-corrected chi connectivity index (χ4v) is 6.95. The average molecular weight is 632 g/mol. The Morgan fingerprint density at radius 3 is 1.12 bits per heavy atom. The van der Waals surface area contributed by atoms with Gasteiger partial charge in [-0.2, -0.15) is 0 Å². The van der Waals surface area contributed by atoms with Gasteiger partial charge in [0.2, 0.25) is 0 Å². The van der Waals surface area contributed by atoms with Gasteiger partial charge in [-0.05, 0) is 45.3 Å². The third kappa shape index (κ3) is 34.7. The van der Waals surface area contributed by atoms with Gasteiger partial charge in [0.1, 0.15) is 0 Å². The smallest absolute Gasteiger partial charge is 0.330 e. The molecular weight excluding hydrogens is 553 g/mol. The van der Waals surface area contributed by atoms with Crippen molar-refractivity contribution in [2.75, 3.05) is 39.4 Å². The highest BCUT2D eigenvalue weighted by Crippen LogP contribution is 2.44. The molecule has 0 rings (SSSR count). The molecule has 0 aromatic heterocycles. The van der Waals surface area contributed by atoms with Gasteiger partial charge in [-0.25, -0.2) is 9.65 Å². The van der Waals surface area contributed by atoms with Crippen LogP contribution in [0.5, 0.6) is 0 Å². The lowest BCUT2D eigenvalue weighted by molar-refractivity contribution is 0.189. The zero-order chi connectivity index (χ0) is 31.4. The van der Waals surface area contributed by atoms with Crippen LogP contribution < -0.4 is 16.1 Å². The van der Waals surface area contributed by atoms with E-state index < -0.39 is 7.75 Å². The van der Waals surface area contributed by atoms with Crippen molar-refractivity contribution in [2.45, 2.75) is 194 Å². The highest BCUT2D eigenvalue weighted by Gasteiger charge is 2.23. The van der Waals surface area contributed by atoms with E-state index in [0.29, 0.717) is 26.3 Å². The third-order valence-corrected chi connectivity index (χ3v) is 10.1. The van der Waals surface area contributed by atoms with Gasteiger partial charge in [0.15, 0.2) is 0 Å². The fourth-order valence-electron chi connectivity index (χ4n) is 5.52. The molecule has 260 valence electrons. The Bertz CT molecular complexity index is 532. The number of unbranched alkanes of at least 4 members (excludes halogenated alkanes) is 24. The van der Waals surface area contributed by atoms with E-state index in [2.05, 4.69) is 24.3 Å². The van der Waals surface area contributed by atoms with Crippen LogP contribution in [0.3, 0.4) is 0 Å². The zero-order valence-electron chi connectivity index (χ0n) is 29.3. The minimum Gasteiger partial charge on any atom is -0.330 e. The molecule has 4 N–H and O–H groups in total. The van der Waals surface area contributed by atoms with Gasteiger partial charge in [-0.15, -0.1) is 0 Å². The Morgan fingerprint density at radius 2 is 0.767 bits per heavy atom. The molecule has 0 fully saturated rings. The maximum Gasteiger partial charge on any atom is 0.405 e. The van der Waals surface area contributed by atoms with Crippen molar-refractivity contribution in [1.82, 2.24) is 10.4 Å². The number of hydrogen-bond donors (Lipinski definition) is 3. The molecule has 0 unspecified atom stereocenters. The second kappa shape index (κ2) is 36.5. The first-order chi connectivity index (χ1) is 21.2. The molecule has 0 aromatic carbocycles. The predicted octanol–water partition coefficient (Wildman–Crippen LogP) is 11.2. The lowest BCUT2D eigenvalue weighted by Crippen LogP contribution is -2.24. The summed E-state index contributed by atoms with van der Waals surface area (Å²) >= 11 is 0. The first-order valence-corrected chi connectivity index (χ1v) is 20.8. The molecule has 0 spiro atoms. The molecule has 6 nitrogen and oxygen atoms in total. The molecule has 0 amide bonds. The Hall–Kier alpha value is 0.0300. The fraction of sp³-hybridized carbons (Fsp3) is 1.00. The highest BCUT2D eigenvalue weighted by atomic mass is 31.2. The molecule has 0 aliphatic carbocycles. The van der Waals surface area contributed by atoms with Crippen LogP contribution in [0.25, 0.3) is 0 Å². The second-order valence-electron chi connectivity index (χ2n) is 12.8. The Labute approximate surface area is 270 Å². The largest absolute Gasteiger partial charge is 0.405 e. The number of rotatable bonds is 38. The van der Waals surface area contributed by atoms with Crippen molar-refractivity contribution in [2.24, 2.45) is 5.73 Å². The Morgan fingerprint density at radius 1 is 0.442 bits per heavy atom. The van der Waals surface area contributed by atoms with E-state index >= 15 is 0 Å². The van der Waals surface area contributed by atoms with Crippen LogP contribution in [0.4, 0.5) is 0 Å². The van der Waals surface area contributed by atoms with Crippen molar-refractivity contribution in [3.8, 4) is 0 Å². The highest BCUT2D eigenvalue weighted by molar-refractivity contribution is 7.51. The molecular formula is C36H78N3O3P. The van der Waals surface area contributed by atoms with Crippen LogP contribution in [0.15, 0.2) is 0 Å². The summed E-state index contributed by atoms with van der Waals surface area (Å²) in [6, 6.07) is 0. The zero-order valence-corrected chi connectivity index (χ0v) is 30.2. The third-order valence-electron chi connectivity index (χ3n) is 8.41. The Kier molecular flexibility index (Phi) is 36.5. The lowest BCUT2D eigenvalue weighted by Gasteiger charge is -2.19. The standard InChI is InChI=1S/C36H78N3O3P/c1-3-5-7-9-11-13-15-17-19-21-23-25-27-35-41-43(40,39-34-30-33-38-32-29-31-37)42-36-28-26-24-22-20-18-16-14-12-10-8-6-4-2/h38H,3-37H2,1-2H3,(H,39,40). The molecule has 0 bridgehead atoms. The van der Waals surface area contributed by atoms with Gasteiger partial charge < -0.3 is 11.1 Å². The minimum atomic E-state index is -3.25. The summed E-state index contributed by atoms with van der Waals surface area (Å²) in [7, 11) is -3.25. The van der Waals surface area contributed by atoms with Crippen molar-refractivity contribution in [3.05, 3.63) is 0 Å². The maximum absolute atomic E-state index is 13.4. The number of nitrogens with one attached hydrogen (secondary N) is 2. The monoisotopic (exact) mass is 632 g/mol. The van der Waals surface area contributed by atoms with E-state index in [-0.39, 0.29) is 0 Å². The van der Waals surface area contributed by atoms with Crippen LogP contribution >= 0.6 is 7.75 Å². The normalized spacial score (nSPS) is 12.0. The molecule has 43 heavy (non-hydrogen) atoms. The van der Waals surface area contributed by atoms with Crippen LogP contribution in [-0.4, -0.2) is 39.4 Å². The van der Waals surface area contributed by atoms with Crippen LogP contribution in [0.2, 0.25) is 0 Å². The van der Waals surface area contributed by atoms with Crippen molar-refractivity contribution in [3.63, 3.8) is 0 Å². The van der Waals surface area contributed by atoms with Gasteiger partial charge >= 0.3 is 7.75 Å². The average Bonchev–Trinajstić information content (AvgIpc) is 3.01. The van der Waals surface area contributed by atoms with Gasteiger partial charge in [0.25, 0.3) is 0 Å². The summed E-state index contributed by atoms with van der Waals surface area (Å²) in [5.74, 6) is 0. The summed E-state index contributed by atoms with van der Waals surface area (Å²) < 4.78 is 25.1. The summed E-state index contributed by atoms with van der Waals surface area (Å²) in [6.45, 7) is 8.73. The molecule has 7 heteroatoms. The van der Waals surface area contributed by atoms with Crippen molar-refractivity contribution in [1.29, 1.82) is 0 Å². The first kappa shape index (κ1) is 43.0. The van der Waals surface area contributed by atoms with Crippen molar-refractivity contribution < 1.29 is 13.6 Å². The van der Waals surface area contributed by atoms with Crippen molar-refractivity contribution >= 4 is 7.75 Å². The van der Waals surface area contributed by atoms with E-state index in [9.17, 15) is 4.57 Å². The molecule has 0 aromatic rings. The molecule has 0 saturated heterocycles. The Balaban J connectivity index is 3.95. The summed E-state index contributed by atoms with van der Waals surface area (Å²) in [4.78, 5) is 0. The SMILES string of the molecule is CCCCCCCCCCCCCCCOP(=O)(NCCCNCCCN)OCCCCCCCCCCCCCCC. The molecule has 0 aliphatic heterocycles. The van der Waals surface area contributed by atoms with E-state index in [1.54, 1.807) is 0 Å². The molecule has 0 radical (unpaired) electrons. The quantitative estimate of drug-likeness (QED) is 0.0464. The predicted molar refractivity (Wildman–Crippen MR) is 190 cm³/mol. The summed E-state index contributed by atoms with van der Waals surface area (Å²) in [5, 5.41) is 6.50.